The third-order valence-corrected chi connectivity index (χ3v) is 17.5. The highest BCUT2D eigenvalue weighted by Gasteiger charge is 2.50. The van der Waals surface area contributed by atoms with Crippen molar-refractivity contribution in [3.05, 3.63) is 102 Å². The van der Waals surface area contributed by atoms with Crippen LogP contribution in [0.4, 0.5) is 0 Å². The van der Waals surface area contributed by atoms with E-state index in [4.69, 9.17) is 29.1 Å². The molecule has 0 radical (unpaired) electrons. The largest absolute Gasteiger partial charge is 0.504 e. The number of aromatic hydroxyl groups is 1. The zero-order valence-corrected chi connectivity index (χ0v) is 55.0. The average Bonchev–Trinajstić information content (AvgIpc) is 1.71. The topological polar surface area (TPSA) is 496 Å². The Kier molecular flexibility index (Phi) is 27.4. The Morgan fingerprint density at radius 1 is 0.707 bits per heavy atom. The summed E-state index contributed by atoms with van der Waals surface area (Å²) in [6, 6.07) is 11.5. The van der Waals surface area contributed by atoms with Crippen molar-refractivity contribution in [2.75, 3.05) is 40.0 Å². The Morgan fingerprint density at radius 3 is 1.92 bits per heavy atom. The normalized spacial score (nSPS) is 24.0. The fourth-order valence-electron chi connectivity index (χ4n) is 11.7. The van der Waals surface area contributed by atoms with Crippen LogP contribution in [0.5, 0.6) is 17.2 Å². The number of rotatable bonds is 26. The number of aromatic nitrogens is 2. The van der Waals surface area contributed by atoms with E-state index in [9.17, 15) is 79.2 Å². The van der Waals surface area contributed by atoms with Gasteiger partial charge in [-0.3, -0.25) is 38.4 Å². The van der Waals surface area contributed by atoms with E-state index in [-0.39, 0.29) is 35.2 Å². The lowest BCUT2D eigenvalue weighted by Gasteiger charge is -2.34. The molecule has 3 aliphatic heterocycles. The van der Waals surface area contributed by atoms with Crippen LogP contribution in [0.3, 0.4) is 0 Å². The molecule has 0 saturated carbocycles. The smallest absolute Gasteiger partial charge is 0.261 e. The van der Waals surface area contributed by atoms with Crippen LogP contribution in [-0.4, -0.2) is 226 Å². The van der Waals surface area contributed by atoms with Gasteiger partial charge in [0, 0.05) is 68.8 Å². The van der Waals surface area contributed by atoms with Crippen molar-refractivity contribution in [1.82, 2.24) is 46.6 Å². The minimum Gasteiger partial charge on any atom is -0.504 e. The maximum atomic E-state index is 14.7. The molecule has 8 rings (SSSR count). The second kappa shape index (κ2) is 35.7. The Hall–Kier alpha value is -8.91. The van der Waals surface area contributed by atoms with Gasteiger partial charge >= 0.3 is 0 Å². The van der Waals surface area contributed by atoms with Gasteiger partial charge in [-0.25, -0.2) is 5.26 Å². The number of phenolic OH excluding ortho intramolecular Hbond substituents is 1. The predicted octanol–water partition coefficient (Wildman–Crippen LogP) is -0.180. The van der Waals surface area contributed by atoms with E-state index in [1.54, 1.807) is 7.11 Å². The van der Waals surface area contributed by atoms with Crippen molar-refractivity contribution in [3.8, 4) is 51.3 Å². The summed E-state index contributed by atoms with van der Waals surface area (Å²) in [5.41, 5.74) is 7.87. The lowest BCUT2D eigenvalue weighted by atomic mass is 9.96. The fraction of sp³-hybridized carbons (Fsp3) is 0.477. The van der Waals surface area contributed by atoms with E-state index in [1.807, 2.05) is 48.5 Å². The minimum atomic E-state index is -2.54. The highest BCUT2D eigenvalue weighted by Crippen LogP contribution is 2.35. The van der Waals surface area contributed by atoms with Crippen molar-refractivity contribution in [2.24, 2.45) is 11.7 Å². The first-order chi connectivity index (χ1) is 47.4. The third-order valence-electron chi connectivity index (χ3n) is 17.1. The molecule has 536 valence electrons. The number of fused-ring (bicyclic) bond motifs is 2. The Morgan fingerprint density at radius 2 is 1.29 bits per heavy atom. The molecule has 0 aliphatic carbocycles. The molecule has 33 nitrogen and oxygen atoms in total. The molecule has 3 aliphatic rings. The summed E-state index contributed by atoms with van der Waals surface area (Å²) >= 11 is -0.0267. The Labute approximate surface area is 571 Å². The quantitative estimate of drug-likeness (QED) is 0.0148. The van der Waals surface area contributed by atoms with Crippen LogP contribution in [-0.2, 0) is 47.7 Å². The molecule has 3 fully saturated rings. The van der Waals surface area contributed by atoms with Gasteiger partial charge in [-0.05, 0) is 97.1 Å². The number of hydrogen-bond acceptors (Lipinski definition) is 26. The monoisotopic (exact) mass is 1400 g/mol. The maximum Gasteiger partial charge on any atom is 0.261 e. The first-order valence-electron chi connectivity index (χ1n) is 31.9. The van der Waals surface area contributed by atoms with Crippen LogP contribution in [0.25, 0.3) is 34.0 Å². The van der Waals surface area contributed by atoms with Crippen LogP contribution in [0.15, 0.2) is 95.4 Å². The number of carbonyl (C=O) groups excluding carboxylic acids is 8. The van der Waals surface area contributed by atoms with E-state index in [2.05, 4.69) is 46.2 Å². The van der Waals surface area contributed by atoms with Gasteiger partial charge in [0.2, 0.25) is 53.1 Å². The van der Waals surface area contributed by atoms with Gasteiger partial charge in [-0.15, -0.1) is 10.2 Å². The number of nitrogens with two attached hydrogens (primary N) is 1. The lowest BCUT2D eigenvalue weighted by molar-refractivity contribution is -0.433. The molecule has 34 heteroatoms. The molecule has 0 bridgehead atoms. The molecule has 3 saturated heterocycles. The number of aliphatic hydroxyl groups is 7. The number of methoxy groups -OCH3 is 1. The highest BCUT2D eigenvalue weighted by molar-refractivity contribution is 7.90. The van der Waals surface area contributed by atoms with Crippen LogP contribution < -0.4 is 41.2 Å². The Balaban J connectivity index is 1.02. The number of nitrogens with one attached hydrogen (secondary N) is 5. The molecule has 14 unspecified atom stereocenters. The van der Waals surface area contributed by atoms with E-state index in [0.717, 1.165) is 90.5 Å². The second-order valence-electron chi connectivity index (χ2n) is 24.4. The summed E-state index contributed by atoms with van der Waals surface area (Å²) in [6.07, 6.45) is -9.64. The number of benzene rings is 4. The van der Waals surface area contributed by atoms with E-state index in [0.29, 0.717) is 17.7 Å². The first kappa shape index (κ1) is 75.9. The third kappa shape index (κ3) is 19.9. The lowest BCUT2D eigenvalue weighted by Crippen LogP contribution is -2.64. The summed E-state index contributed by atoms with van der Waals surface area (Å²) in [4.78, 5) is 115. The Bertz CT molecular complexity index is 3570. The minimum absolute atomic E-state index is 0.0267. The number of amides is 8. The number of hydrogen-bond donors (Lipinski definition) is 15. The molecule has 8 amide bonds. The van der Waals surface area contributed by atoms with Crippen LogP contribution >= 0.6 is 12.3 Å². The van der Waals surface area contributed by atoms with Crippen molar-refractivity contribution < 1.29 is 112 Å². The number of β-amino-alcohol motifs (C(OH)–C–C–N with tert-alkyl or cyclic N) is 1. The van der Waals surface area contributed by atoms with Crippen molar-refractivity contribution in [2.45, 2.75) is 151 Å². The predicted molar refractivity (Wildman–Crippen MR) is 347 cm³/mol. The zero-order chi connectivity index (χ0) is 71.6. The summed E-state index contributed by atoms with van der Waals surface area (Å²) in [6.45, 7) is 2.06. The first-order valence-corrected chi connectivity index (χ1v) is 32.6. The molecule has 16 N–H and O–H groups in total. The molecule has 99 heavy (non-hydrogen) atoms. The highest BCUT2D eigenvalue weighted by atomic mass is 32.2. The van der Waals surface area contributed by atoms with Gasteiger partial charge in [0.05, 0.1) is 43.5 Å². The number of unbranched alkanes of at least 4 members (excludes halogenated alkanes) is 5. The number of ether oxygens (including phenoxy) is 2. The molecule has 4 heterocycles. The van der Waals surface area contributed by atoms with Crippen molar-refractivity contribution in [1.29, 1.82) is 0 Å². The van der Waals surface area contributed by atoms with Gasteiger partial charge in [-0.1, -0.05) is 72.3 Å². The summed E-state index contributed by atoms with van der Waals surface area (Å²) in [5, 5.41) is 123. The van der Waals surface area contributed by atoms with Gasteiger partial charge in [0.25, 0.3) is 18.2 Å². The van der Waals surface area contributed by atoms with Crippen LogP contribution in [0.1, 0.15) is 93.7 Å². The number of phenols is 1. The molecular weight excluding hydrogens is 1320 g/mol. The van der Waals surface area contributed by atoms with Gasteiger partial charge in [0.15, 0.2) is 11.5 Å². The standard InChI is InChI=1S/C65H82N10O23S/c1-33-31-75-53(54(33)82)61(89)67-30-41(77)27-44(68-57(85)37-12-16-39(17-13-37)63-73-72-62(95-63)38-14-10-35(11-15-38)36-18-21-43(22-19-36)94-25-9-7-5-4-6-8-24-93-3)58(86)69-50(34(2)76)64(90)74-32-42(78)28-45(74)59(87)71-52(60(88)70-51(65(75)91)47(80)29-49(66)81)56(84)55(83)40-20-23-46(79)48(26-40)96-99-98-97-92/h10-23,26,33-34,41-42,44-45,47,50-56,76-80,82-84,92H,4-9,24-25,27-32H2,1-3H3,(H2,66,81)(H,67,89)(H,68,85)(H,69,86)(H,70,88)(H,71,87). The van der Waals surface area contributed by atoms with E-state index >= 15 is 0 Å². The van der Waals surface area contributed by atoms with Gasteiger partial charge in [-0.2, -0.15) is 0 Å². The van der Waals surface area contributed by atoms with Crippen molar-refractivity contribution >= 4 is 59.6 Å². The maximum absolute atomic E-state index is 14.7. The summed E-state index contributed by atoms with van der Waals surface area (Å²) in [5.74, 6) is -11.0. The fourth-order valence-corrected chi connectivity index (χ4v) is 12.0. The molecular formula is C65H82N10O23S. The van der Waals surface area contributed by atoms with E-state index in [1.165, 1.54) is 37.6 Å². The van der Waals surface area contributed by atoms with Gasteiger partial charge in [0.1, 0.15) is 54.2 Å². The molecule has 5 aromatic rings. The molecule has 4 aromatic carbocycles. The molecule has 1 aromatic heterocycles. The van der Waals surface area contributed by atoms with Crippen LogP contribution in [0.2, 0.25) is 0 Å². The summed E-state index contributed by atoms with van der Waals surface area (Å²) in [7, 11) is 1.71. The number of nitrogens with zero attached hydrogens (tertiary/aromatic N) is 4. The average molecular weight is 1400 g/mol. The zero-order valence-electron chi connectivity index (χ0n) is 54.2. The number of primary amides is 1. The van der Waals surface area contributed by atoms with E-state index < -0.39 is 183 Å². The molecule has 14 atom stereocenters. The van der Waals surface area contributed by atoms with Crippen LogP contribution in [0, 0.1) is 5.92 Å². The number of aliphatic hydroxyl groups excluding tert-OH is 7. The molecule has 0 spiro atoms. The SMILES string of the molecule is COCCCCCCCCOc1ccc(-c2ccc(-c3nnc(-c4ccc(C(=O)NC5CC(O)CNC(=O)C6C(O)C(C)CN6C(=O)C(C(O)CC(N)=O)NC(=O)C(C(O)C(O)c6ccc(O)c(OSOOO)c6)NC(=O)C6CC(O)CN6C(=O)C(C(C)O)NC5=O)cc4)o3)cc2)cc1. The summed E-state index contributed by atoms with van der Waals surface area (Å²) < 4.78 is 26.3. The number of carbonyl (C=O) groups is 8. The van der Waals surface area contributed by atoms with Gasteiger partial charge < -0.3 is 101 Å². The van der Waals surface area contributed by atoms with Crippen molar-refractivity contribution in [3.63, 3.8) is 0 Å². The second-order valence-corrected chi connectivity index (χ2v) is 24.8.